The van der Waals surface area contributed by atoms with Crippen molar-refractivity contribution in [3.8, 4) is 0 Å². The third kappa shape index (κ3) is 3.07. The van der Waals surface area contributed by atoms with Gasteiger partial charge in [-0.15, -0.1) is 0 Å². The number of esters is 1. The van der Waals surface area contributed by atoms with Crippen molar-refractivity contribution >= 4 is 17.7 Å². The zero-order valence-corrected chi connectivity index (χ0v) is 16.8. The lowest BCUT2D eigenvalue weighted by Gasteiger charge is -2.43. The minimum absolute atomic E-state index is 0.0123. The summed E-state index contributed by atoms with van der Waals surface area (Å²) in [6.45, 7) is 10.5. The van der Waals surface area contributed by atoms with Crippen LogP contribution >= 0.6 is 0 Å². The second-order valence-corrected chi connectivity index (χ2v) is 9.79. The molecule has 5 heteroatoms. The van der Waals surface area contributed by atoms with Crippen molar-refractivity contribution in [2.45, 2.75) is 72.8 Å². The number of piperidine rings is 1. The van der Waals surface area contributed by atoms with Crippen molar-refractivity contribution < 1.29 is 19.1 Å². The van der Waals surface area contributed by atoms with E-state index in [1.54, 1.807) is 0 Å². The summed E-state index contributed by atoms with van der Waals surface area (Å²) in [6, 6.07) is -0.0415. The van der Waals surface area contributed by atoms with Gasteiger partial charge in [0.2, 0.25) is 5.91 Å². The van der Waals surface area contributed by atoms with Crippen LogP contribution in [0.1, 0.15) is 66.7 Å². The standard InChI is InChI=1S/C21H33NO4/c1-13-14(12-26-19(25)20(2,3)4)10-16-21(5)15(11-22(16)18(13)24)8-6-7-9-17(21)23/h13-16H,6-12H2,1-5H3/t13-,14-,15+,16+,21+/m1/s1. The Labute approximate surface area is 156 Å². The van der Waals surface area contributed by atoms with Crippen LogP contribution in [0.2, 0.25) is 0 Å². The number of hydrogen-bond acceptors (Lipinski definition) is 4. The predicted molar refractivity (Wildman–Crippen MR) is 98.3 cm³/mol. The fourth-order valence-corrected chi connectivity index (χ4v) is 5.08. The fraction of sp³-hybridized carbons (Fsp3) is 0.857. The Kier molecular flexibility index (Phi) is 4.95. The van der Waals surface area contributed by atoms with Gasteiger partial charge in [0, 0.05) is 30.8 Å². The molecule has 0 N–H and O–H groups in total. The average molecular weight is 363 g/mol. The molecule has 1 amide bonds. The average Bonchev–Trinajstić information content (AvgIpc) is 2.77. The normalized spacial score (nSPS) is 37.8. The molecule has 2 aliphatic heterocycles. The lowest BCUT2D eigenvalue weighted by Crippen LogP contribution is -2.54. The van der Waals surface area contributed by atoms with E-state index < -0.39 is 10.8 Å². The van der Waals surface area contributed by atoms with Crippen molar-refractivity contribution in [1.82, 2.24) is 4.90 Å². The number of hydrogen-bond donors (Lipinski definition) is 0. The highest BCUT2D eigenvalue weighted by Crippen LogP contribution is 2.52. The molecule has 26 heavy (non-hydrogen) atoms. The van der Waals surface area contributed by atoms with E-state index in [0.29, 0.717) is 18.7 Å². The van der Waals surface area contributed by atoms with Crippen molar-refractivity contribution in [3.63, 3.8) is 0 Å². The number of amides is 1. The quantitative estimate of drug-likeness (QED) is 0.707. The SMILES string of the molecule is C[C@H]1C(=O)N2C[C@@H]3CCCCC(=O)[C@]3(C)[C@@H]2C[C@@H]1COC(=O)C(C)(C)C. The summed E-state index contributed by atoms with van der Waals surface area (Å²) in [4.78, 5) is 40.1. The van der Waals surface area contributed by atoms with Gasteiger partial charge in [-0.25, -0.2) is 0 Å². The van der Waals surface area contributed by atoms with E-state index in [9.17, 15) is 14.4 Å². The van der Waals surface area contributed by atoms with Gasteiger partial charge in [-0.1, -0.05) is 20.3 Å². The maximum atomic E-state index is 13.0. The van der Waals surface area contributed by atoms with E-state index in [0.717, 1.165) is 25.7 Å². The zero-order valence-electron chi connectivity index (χ0n) is 16.8. The molecular weight excluding hydrogens is 330 g/mol. The lowest BCUT2D eigenvalue weighted by atomic mass is 9.67. The maximum absolute atomic E-state index is 13.0. The number of rotatable bonds is 2. The molecule has 3 aliphatic rings. The first-order chi connectivity index (χ1) is 12.1. The highest BCUT2D eigenvalue weighted by Gasteiger charge is 2.59. The molecule has 0 bridgehead atoms. The number of Topliss-reactive ketones (excluding diaryl/α,β-unsaturated/α-hetero) is 1. The van der Waals surface area contributed by atoms with E-state index in [1.165, 1.54) is 0 Å². The lowest BCUT2D eigenvalue weighted by molar-refractivity contribution is -0.160. The smallest absolute Gasteiger partial charge is 0.311 e. The Morgan fingerprint density at radius 2 is 1.96 bits per heavy atom. The first-order valence-corrected chi connectivity index (χ1v) is 10.1. The van der Waals surface area contributed by atoms with Crippen LogP contribution in [0.4, 0.5) is 0 Å². The molecule has 2 saturated heterocycles. The van der Waals surface area contributed by atoms with E-state index in [2.05, 4.69) is 6.92 Å². The first-order valence-electron chi connectivity index (χ1n) is 10.1. The molecule has 5 atom stereocenters. The molecule has 3 rings (SSSR count). The molecule has 1 saturated carbocycles. The van der Waals surface area contributed by atoms with Crippen molar-refractivity contribution in [1.29, 1.82) is 0 Å². The highest BCUT2D eigenvalue weighted by atomic mass is 16.5. The maximum Gasteiger partial charge on any atom is 0.311 e. The van der Waals surface area contributed by atoms with Gasteiger partial charge in [-0.3, -0.25) is 14.4 Å². The van der Waals surface area contributed by atoms with E-state index in [-0.39, 0.29) is 42.3 Å². The van der Waals surface area contributed by atoms with Gasteiger partial charge in [0.25, 0.3) is 0 Å². The third-order valence-corrected chi connectivity index (χ3v) is 7.09. The minimum atomic E-state index is -0.546. The van der Waals surface area contributed by atoms with Crippen LogP contribution in [0, 0.1) is 28.6 Å². The minimum Gasteiger partial charge on any atom is -0.465 e. The number of ether oxygens (including phenoxy) is 1. The summed E-state index contributed by atoms with van der Waals surface area (Å²) in [7, 11) is 0. The fourth-order valence-electron chi connectivity index (χ4n) is 5.08. The van der Waals surface area contributed by atoms with Gasteiger partial charge < -0.3 is 9.64 Å². The summed E-state index contributed by atoms with van der Waals surface area (Å²) in [5, 5.41) is 0. The van der Waals surface area contributed by atoms with Gasteiger partial charge in [0.1, 0.15) is 5.78 Å². The van der Waals surface area contributed by atoms with Crippen LogP contribution in [-0.2, 0) is 19.1 Å². The van der Waals surface area contributed by atoms with Gasteiger partial charge in [0.15, 0.2) is 0 Å². The summed E-state index contributed by atoms with van der Waals surface area (Å²) in [6.07, 6.45) is 4.45. The Bertz CT molecular complexity index is 608. The van der Waals surface area contributed by atoms with E-state index in [4.69, 9.17) is 4.74 Å². The Hall–Kier alpha value is -1.39. The van der Waals surface area contributed by atoms with Crippen LogP contribution in [0.3, 0.4) is 0 Å². The van der Waals surface area contributed by atoms with Gasteiger partial charge >= 0.3 is 5.97 Å². The first kappa shape index (κ1) is 19.4. The van der Waals surface area contributed by atoms with Crippen molar-refractivity contribution in [3.05, 3.63) is 0 Å². The molecule has 0 aromatic rings. The zero-order chi connectivity index (χ0) is 19.3. The molecule has 0 spiro atoms. The molecular formula is C21H33NO4. The molecule has 0 aromatic carbocycles. The number of carbonyl (C=O) groups is 3. The second kappa shape index (κ2) is 6.65. The molecule has 146 valence electrons. The molecule has 5 nitrogen and oxygen atoms in total. The van der Waals surface area contributed by atoms with E-state index >= 15 is 0 Å². The van der Waals surface area contributed by atoms with Gasteiger partial charge in [-0.2, -0.15) is 0 Å². The van der Waals surface area contributed by atoms with Crippen LogP contribution in [0.15, 0.2) is 0 Å². The van der Waals surface area contributed by atoms with Crippen LogP contribution in [-0.4, -0.2) is 41.8 Å². The molecule has 0 aromatic heterocycles. The second-order valence-electron chi connectivity index (χ2n) is 9.79. The van der Waals surface area contributed by atoms with Gasteiger partial charge in [0.05, 0.1) is 17.4 Å². The molecule has 1 aliphatic carbocycles. The Balaban J connectivity index is 1.79. The third-order valence-electron chi connectivity index (χ3n) is 7.09. The monoisotopic (exact) mass is 363 g/mol. The van der Waals surface area contributed by atoms with Crippen LogP contribution in [0.5, 0.6) is 0 Å². The number of fused-ring (bicyclic) bond motifs is 3. The number of ketones is 1. The summed E-state index contributed by atoms with van der Waals surface area (Å²) < 4.78 is 5.54. The molecule has 0 radical (unpaired) electrons. The van der Waals surface area contributed by atoms with Crippen LogP contribution in [0.25, 0.3) is 0 Å². The number of carbonyl (C=O) groups excluding carboxylic acids is 3. The number of nitrogens with zero attached hydrogens (tertiary/aromatic N) is 1. The molecule has 3 fully saturated rings. The largest absolute Gasteiger partial charge is 0.465 e. The Morgan fingerprint density at radius 3 is 2.62 bits per heavy atom. The van der Waals surface area contributed by atoms with E-state index in [1.807, 2.05) is 32.6 Å². The molecule has 2 heterocycles. The molecule has 0 unspecified atom stereocenters. The van der Waals surface area contributed by atoms with Crippen molar-refractivity contribution in [2.24, 2.45) is 28.6 Å². The topological polar surface area (TPSA) is 63.7 Å². The summed E-state index contributed by atoms with van der Waals surface area (Å²) >= 11 is 0. The highest BCUT2D eigenvalue weighted by molar-refractivity contribution is 5.89. The van der Waals surface area contributed by atoms with Crippen LogP contribution < -0.4 is 0 Å². The Morgan fingerprint density at radius 1 is 1.27 bits per heavy atom. The summed E-state index contributed by atoms with van der Waals surface area (Å²) in [5.74, 6) is 0.303. The van der Waals surface area contributed by atoms with Gasteiger partial charge in [-0.05, 0) is 46.0 Å². The van der Waals surface area contributed by atoms with Crippen molar-refractivity contribution in [2.75, 3.05) is 13.2 Å². The summed E-state index contributed by atoms with van der Waals surface area (Å²) in [5.41, 5.74) is -0.978. The predicted octanol–water partition coefficient (Wildman–Crippen LogP) is 3.21.